The Kier molecular flexibility index (Phi) is 6.31. The number of benzene rings is 3. The smallest absolute Gasteiger partial charge is 0.308 e. The predicted octanol–water partition coefficient (Wildman–Crippen LogP) is 4.38. The largest absolute Gasteiger partial charge is 0.476 e. The molecule has 1 aliphatic rings. The fourth-order valence-electron chi connectivity index (χ4n) is 4.29. The number of aromatic nitrogens is 1. The standard InChI is InChI=1S/C26H25N3O5S2/c1-17(2)29-21-13-12-19(14-24(21)35-26(29)31)27-25(30)23-15-28(20-10-6-7-11-22(20)34-23)36(32,33)16-18-8-4-3-5-9-18/h3-14,17,23H,15-16H2,1-2H3,(H,27,30)/t23-/m0/s1. The number of amides is 1. The van der Waals surface area contributed by atoms with Crippen LogP contribution in [0.4, 0.5) is 11.4 Å². The molecule has 2 heterocycles. The third-order valence-electron chi connectivity index (χ3n) is 5.95. The number of hydrogen-bond acceptors (Lipinski definition) is 6. The van der Waals surface area contributed by atoms with Crippen molar-refractivity contribution in [2.75, 3.05) is 16.2 Å². The van der Waals surface area contributed by atoms with Gasteiger partial charge in [-0.2, -0.15) is 0 Å². The highest BCUT2D eigenvalue weighted by Gasteiger charge is 2.36. The van der Waals surface area contributed by atoms with Crippen LogP contribution in [0.5, 0.6) is 5.75 Å². The predicted molar refractivity (Wildman–Crippen MR) is 142 cm³/mol. The van der Waals surface area contributed by atoms with Crippen LogP contribution in [-0.2, 0) is 20.6 Å². The summed E-state index contributed by atoms with van der Waals surface area (Å²) in [6.45, 7) is 3.73. The Labute approximate surface area is 212 Å². The topological polar surface area (TPSA) is 97.7 Å². The second-order valence-corrected chi connectivity index (χ2v) is 11.7. The van der Waals surface area contributed by atoms with Crippen molar-refractivity contribution in [3.8, 4) is 5.75 Å². The number of carbonyl (C=O) groups excluding carboxylic acids is 1. The molecule has 0 saturated heterocycles. The van der Waals surface area contributed by atoms with Gasteiger partial charge in [-0.3, -0.25) is 18.5 Å². The summed E-state index contributed by atoms with van der Waals surface area (Å²) < 4.78 is 36.4. The van der Waals surface area contributed by atoms with E-state index in [9.17, 15) is 18.0 Å². The molecule has 0 fully saturated rings. The molecule has 0 radical (unpaired) electrons. The van der Waals surface area contributed by atoms with Crippen LogP contribution in [0.1, 0.15) is 25.5 Å². The first-order valence-corrected chi connectivity index (χ1v) is 13.9. The van der Waals surface area contributed by atoms with Crippen molar-refractivity contribution >= 4 is 48.9 Å². The van der Waals surface area contributed by atoms with Crippen molar-refractivity contribution in [1.82, 2.24) is 4.57 Å². The highest BCUT2D eigenvalue weighted by Crippen LogP contribution is 2.36. The highest BCUT2D eigenvalue weighted by molar-refractivity contribution is 7.92. The first-order chi connectivity index (χ1) is 17.2. The van der Waals surface area contributed by atoms with E-state index < -0.39 is 22.0 Å². The monoisotopic (exact) mass is 523 g/mol. The van der Waals surface area contributed by atoms with E-state index >= 15 is 0 Å². The van der Waals surface area contributed by atoms with Gasteiger partial charge < -0.3 is 10.1 Å². The summed E-state index contributed by atoms with van der Waals surface area (Å²) in [7, 11) is -3.79. The van der Waals surface area contributed by atoms with Gasteiger partial charge in [0, 0.05) is 11.7 Å². The van der Waals surface area contributed by atoms with Gasteiger partial charge in [0.05, 0.1) is 28.2 Å². The molecule has 10 heteroatoms. The maximum atomic E-state index is 13.4. The molecule has 1 atom stereocenters. The number of carbonyl (C=O) groups is 1. The number of thiazole rings is 1. The Morgan fingerprint density at radius 3 is 2.56 bits per heavy atom. The van der Waals surface area contributed by atoms with Gasteiger partial charge in [0.15, 0.2) is 6.10 Å². The first-order valence-electron chi connectivity index (χ1n) is 11.5. The van der Waals surface area contributed by atoms with Crippen molar-refractivity contribution in [2.45, 2.75) is 31.7 Å². The number of rotatable bonds is 6. The Morgan fingerprint density at radius 1 is 1.08 bits per heavy atom. The van der Waals surface area contributed by atoms with Gasteiger partial charge in [0.2, 0.25) is 10.0 Å². The number of anilines is 2. The van der Waals surface area contributed by atoms with Gasteiger partial charge in [-0.25, -0.2) is 8.42 Å². The maximum Gasteiger partial charge on any atom is 0.308 e. The van der Waals surface area contributed by atoms with Crippen molar-refractivity contribution in [3.63, 3.8) is 0 Å². The second-order valence-electron chi connectivity index (χ2n) is 8.85. The van der Waals surface area contributed by atoms with Crippen LogP contribution in [0.25, 0.3) is 10.2 Å². The van der Waals surface area contributed by atoms with Crippen molar-refractivity contribution < 1.29 is 17.9 Å². The molecule has 0 bridgehead atoms. The Hall–Kier alpha value is -3.63. The van der Waals surface area contributed by atoms with E-state index in [2.05, 4.69) is 5.32 Å². The molecule has 1 amide bonds. The van der Waals surface area contributed by atoms with Crippen molar-refractivity contribution in [3.05, 3.63) is 88.0 Å². The summed E-state index contributed by atoms with van der Waals surface area (Å²) in [5.74, 6) is -0.346. The van der Waals surface area contributed by atoms with Gasteiger partial charge in [-0.1, -0.05) is 53.8 Å². The third kappa shape index (κ3) is 4.61. The maximum absolute atomic E-state index is 13.4. The van der Waals surface area contributed by atoms with E-state index in [4.69, 9.17) is 4.74 Å². The number of nitrogens with one attached hydrogen (secondary N) is 1. The zero-order chi connectivity index (χ0) is 25.4. The van der Waals surface area contributed by atoms with E-state index in [1.807, 2.05) is 19.9 Å². The molecule has 36 heavy (non-hydrogen) atoms. The second kappa shape index (κ2) is 9.44. The SMILES string of the molecule is CC(C)n1c(=O)sc2cc(NC(=O)[C@@H]3CN(S(=O)(=O)Cc4ccccc4)c4ccccc4O3)ccc21. The van der Waals surface area contributed by atoms with Crippen LogP contribution in [0.3, 0.4) is 0 Å². The highest BCUT2D eigenvalue weighted by atomic mass is 32.2. The lowest BCUT2D eigenvalue weighted by atomic mass is 10.2. The minimum Gasteiger partial charge on any atom is -0.476 e. The lowest BCUT2D eigenvalue weighted by Gasteiger charge is -2.34. The molecule has 0 unspecified atom stereocenters. The zero-order valence-corrected chi connectivity index (χ0v) is 21.4. The summed E-state index contributed by atoms with van der Waals surface area (Å²) in [6.07, 6.45) is -1.06. The number of ether oxygens (including phenoxy) is 1. The summed E-state index contributed by atoms with van der Waals surface area (Å²) in [6, 6.07) is 21.0. The molecular weight excluding hydrogens is 498 g/mol. The fraction of sp³-hybridized carbons (Fsp3) is 0.231. The van der Waals surface area contributed by atoms with Gasteiger partial charge in [-0.05, 0) is 49.7 Å². The van der Waals surface area contributed by atoms with Crippen molar-refractivity contribution in [2.24, 2.45) is 0 Å². The molecule has 4 aromatic rings. The molecule has 186 valence electrons. The van der Waals surface area contributed by atoms with Crippen LogP contribution in [0.2, 0.25) is 0 Å². The summed E-state index contributed by atoms with van der Waals surface area (Å²) in [5.41, 5.74) is 2.37. The van der Waals surface area contributed by atoms with E-state index in [0.717, 1.165) is 21.6 Å². The van der Waals surface area contributed by atoms with Crippen LogP contribution < -0.4 is 19.2 Å². The average Bonchev–Trinajstić information content (AvgIpc) is 3.18. The molecular formula is C26H25N3O5S2. The van der Waals surface area contributed by atoms with Gasteiger partial charge >= 0.3 is 4.87 Å². The summed E-state index contributed by atoms with van der Waals surface area (Å²) in [4.78, 5) is 25.5. The van der Waals surface area contributed by atoms with Gasteiger partial charge in [0.1, 0.15) is 5.75 Å². The number of sulfonamides is 1. The zero-order valence-electron chi connectivity index (χ0n) is 19.7. The van der Waals surface area contributed by atoms with E-state index in [-0.39, 0.29) is 23.2 Å². The molecule has 0 spiro atoms. The molecule has 0 saturated carbocycles. The summed E-state index contributed by atoms with van der Waals surface area (Å²) in [5, 5.41) is 2.82. The van der Waals surface area contributed by atoms with Crippen molar-refractivity contribution in [1.29, 1.82) is 0 Å². The molecule has 8 nitrogen and oxygen atoms in total. The van der Waals surface area contributed by atoms with Crippen LogP contribution in [-0.4, -0.2) is 31.5 Å². The molecule has 1 aliphatic heterocycles. The molecule has 0 aliphatic carbocycles. The first kappa shape index (κ1) is 24.1. The van der Waals surface area contributed by atoms with Crippen LogP contribution in [0.15, 0.2) is 77.6 Å². The van der Waals surface area contributed by atoms with E-state index in [0.29, 0.717) is 22.7 Å². The fourth-order valence-corrected chi connectivity index (χ4v) is 6.93. The molecule has 5 rings (SSSR count). The van der Waals surface area contributed by atoms with Crippen LogP contribution >= 0.6 is 11.3 Å². The average molecular weight is 524 g/mol. The Bertz CT molecular complexity index is 1590. The number of para-hydroxylation sites is 2. The normalized spacial score (nSPS) is 15.5. The number of fused-ring (bicyclic) bond motifs is 2. The lowest BCUT2D eigenvalue weighted by molar-refractivity contribution is -0.122. The quantitative estimate of drug-likeness (QED) is 0.405. The minimum atomic E-state index is -3.79. The number of nitrogens with zero attached hydrogens (tertiary/aromatic N) is 2. The summed E-state index contributed by atoms with van der Waals surface area (Å²) >= 11 is 1.12. The lowest BCUT2D eigenvalue weighted by Crippen LogP contribution is -2.49. The third-order valence-corrected chi connectivity index (χ3v) is 8.59. The number of hydrogen-bond donors (Lipinski definition) is 1. The Balaban J connectivity index is 1.41. The van der Waals surface area contributed by atoms with E-state index in [1.54, 1.807) is 71.3 Å². The van der Waals surface area contributed by atoms with Gasteiger partial charge in [0.25, 0.3) is 5.91 Å². The van der Waals surface area contributed by atoms with Gasteiger partial charge in [-0.15, -0.1) is 0 Å². The Morgan fingerprint density at radius 2 is 1.81 bits per heavy atom. The molecule has 3 aromatic carbocycles. The van der Waals surface area contributed by atoms with E-state index in [1.165, 1.54) is 4.31 Å². The molecule has 1 N–H and O–H groups in total. The van der Waals surface area contributed by atoms with Crippen LogP contribution in [0, 0.1) is 0 Å². The minimum absolute atomic E-state index is 0.0196. The molecule has 1 aromatic heterocycles.